The van der Waals surface area contributed by atoms with Crippen LogP contribution in [0.5, 0.6) is 0 Å². The van der Waals surface area contributed by atoms with E-state index in [9.17, 15) is 0 Å². The van der Waals surface area contributed by atoms with Crippen LogP contribution in [0.2, 0.25) is 0 Å². The molecule has 0 amide bonds. The fraction of sp³-hybridized carbons (Fsp3) is 0.0588. The topological polar surface area (TPSA) is 6.48 Å². The first-order valence-electron chi connectivity index (χ1n) is 19.0. The summed E-state index contributed by atoms with van der Waals surface area (Å²) >= 11 is 0. The van der Waals surface area contributed by atoms with E-state index in [1.165, 1.54) is 95.0 Å². The second-order valence-electron chi connectivity index (χ2n) is 15.3. The number of nitrogens with zero attached hydrogens (tertiary/aromatic N) is 2. The van der Waals surface area contributed by atoms with E-state index in [0.717, 1.165) is 0 Å². The summed E-state index contributed by atoms with van der Waals surface area (Å²) in [6.07, 6.45) is 0. The van der Waals surface area contributed by atoms with E-state index in [-0.39, 0.29) is 12.3 Å². The van der Waals surface area contributed by atoms with E-state index < -0.39 is 0 Å². The zero-order valence-electron chi connectivity index (χ0n) is 30.4. The van der Waals surface area contributed by atoms with Crippen molar-refractivity contribution >= 4 is 46.2 Å². The van der Waals surface area contributed by atoms with Gasteiger partial charge < -0.3 is 9.71 Å². The summed E-state index contributed by atoms with van der Waals surface area (Å²) in [6.45, 7) is 4.73. The van der Waals surface area contributed by atoms with Gasteiger partial charge in [-0.3, -0.25) is 0 Å². The Morgan fingerprint density at radius 3 is 1.67 bits per heavy atom. The van der Waals surface area contributed by atoms with Crippen LogP contribution < -0.4 is 20.6 Å². The van der Waals surface area contributed by atoms with Gasteiger partial charge in [-0.05, 0) is 97.4 Å². The highest BCUT2D eigenvalue weighted by Crippen LogP contribution is 2.55. The van der Waals surface area contributed by atoms with Crippen molar-refractivity contribution < 1.29 is 0 Å². The normalized spacial score (nSPS) is 14.1. The summed E-state index contributed by atoms with van der Waals surface area (Å²) in [5, 5.41) is 0. The maximum absolute atomic E-state index is 2.63. The van der Waals surface area contributed by atoms with Gasteiger partial charge in [-0.15, -0.1) is 0 Å². The van der Waals surface area contributed by atoms with Gasteiger partial charge in [0, 0.05) is 33.7 Å². The molecule has 54 heavy (non-hydrogen) atoms. The third-order valence-corrected chi connectivity index (χ3v) is 12.0. The second-order valence-corrected chi connectivity index (χ2v) is 15.3. The summed E-state index contributed by atoms with van der Waals surface area (Å²) in [5.41, 5.74) is 21.3. The monoisotopic (exact) mass is 688 g/mol. The van der Waals surface area contributed by atoms with Crippen LogP contribution in [0, 0.1) is 0 Å². The third-order valence-electron chi connectivity index (χ3n) is 12.0. The van der Waals surface area contributed by atoms with Crippen LogP contribution in [0.1, 0.15) is 25.0 Å². The Balaban J connectivity index is 1.24. The van der Waals surface area contributed by atoms with E-state index in [0.29, 0.717) is 0 Å². The number of para-hydroxylation sites is 2. The van der Waals surface area contributed by atoms with Crippen molar-refractivity contribution in [2.75, 3.05) is 9.71 Å². The van der Waals surface area contributed by atoms with E-state index in [1.807, 2.05) is 0 Å². The molecule has 11 rings (SSSR count). The number of hydrogen-bond donors (Lipinski definition) is 0. The van der Waals surface area contributed by atoms with Crippen LogP contribution in [-0.4, -0.2) is 6.85 Å². The average Bonchev–Trinajstić information content (AvgIpc) is 3.24. The number of anilines is 5. The molecular weight excluding hydrogens is 651 g/mol. The lowest BCUT2D eigenvalue weighted by atomic mass is 9.42. The van der Waals surface area contributed by atoms with Crippen molar-refractivity contribution in [2.24, 2.45) is 0 Å². The van der Waals surface area contributed by atoms with Crippen LogP contribution in [0.15, 0.2) is 188 Å². The van der Waals surface area contributed by atoms with Gasteiger partial charge in [-0.25, -0.2) is 0 Å². The van der Waals surface area contributed by atoms with Gasteiger partial charge in [0.2, 0.25) is 0 Å². The Kier molecular flexibility index (Phi) is 6.72. The molecule has 8 aromatic rings. The molecule has 0 atom stereocenters. The summed E-state index contributed by atoms with van der Waals surface area (Å²) < 4.78 is 0. The van der Waals surface area contributed by atoms with E-state index in [4.69, 9.17) is 0 Å². The van der Waals surface area contributed by atoms with Gasteiger partial charge in [0.1, 0.15) is 0 Å². The van der Waals surface area contributed by atoms with Crippen molar-refractivity contribution in [1.29, 1.82) is 0 Å². The Morgan fingerprint density at radius 2 is 0.963 bits per heavy atom. The summed E-state index contributed by atoms with van der Waals surface area (Å²) in [4.78, 5) is 5.22. The molecule has 254 valence electrons. The molecule has 0 saturated carbocycles. The van der Waals surface area contributed by atoms with Crippen LogP contribution in [-0.2, 0) is 5.41 Å². The molecule has 0 fully saturated rings. The maximum atomic E-state index is 2.63. The minimum Gasteiger partial charge on any atom is -0.376 e. The summed E-state index contributed by atoms with van der Waals surface area (Å²) in [7, 11) is 0. The van der Waals surface area contributed by atoms with Crippen molar-refractivity contribution in [3.63, 3.8) is 0 Å². The first kappa shape index (κ1) is 31.0. The van der Waals surface area contributed by atoms with Gasteiger partial charge in [0.15, 0.2) is 0 Å². The van der Waals surface area contributed by atoms with Crippen molar-refractivity contribution in [3.05, 3.63) is 199 Å². The number of fused-ring (bicyclic) bond motifs is 6. The fourth-order valence-electron chi connectivity index (χ4n) is 9.44. The zero-order chi connectivity index (χ0) is 36.0. The Labute approximate surface area is 317 Å². The van der Waals surface area contributed by atoms with Crippen LogP contribution in [0.3, 0.4) is 0 Å². The van der Waals surface area contributed by atoms with E-state index in [1.54, 1.807) is 0 Å². The number of rotatable bonds is 4. The fourth-order valence-corrected chi connectivity index (χ4v) is 9.44. The third kappa shape index (κ3) is 4.48. The molecule has 3 heteroatoms. The Hall–Kier alpha value is -6.58. The first-order valence-corrected chi connectivity index (χ1v) is 19.0. The molecule has 3 aliphatic heterocycles. The minimum absolute atomic E-state index is 0.0480. The van der Waals surface area contributed by atoms with E-state index >= 15 is 0 Å². The standard InChI is InChI=1S/C51H37BN2/c1-51(2)43-21-12-13-24-46(43)53-48-33-39(36-19-10-5-11-20-36)31-42-41-30-27-38(35-17-8-4-9-18-35)32-47(41)54(52(49(42)48)45-23-14-22-44(51)50(45)53)40-28-25-37(26-29-40)34-15-6-3-7-16-34/h3-33H,1-2H3. The molecule has 3 heterocycles. The van der Waals surface area contributed by atoms with Crippen LogP contribution in [0.25, 0.3) is 44.5 Å². The van der Waals surface area contributed by atoms with E-state index in [2.05, 4.69) is 212 Å². The zero-order valence-corrected chi connectivity index (χ0v) is 30.4. The van der Waals surface area contributed by atoms with Crippen molar-refractivity contribution in [1.82, 2.24) is 0 Å². The molecule has 0 aromatic heterocycles. The predicted octanol–water partition coefficient (Wildman–Crippen LogP) is 12.0. The lowest BCUT2D eigenvalue weighted by Gasteiger charge is -2.50. The van der Waals surface area contributed by atoms with Gasteiger partial charge in [0.25, 0.3) is 0 Å². The van der Waals surface area contributed by atoms with Crippen LogP contribution in [0.4, 0.5) is 28.4 Å². The highest BCUT2D eigenvalue weighted by atomic mass is 15.2. The summed E-state index contributed by atoms with van der Waals surface area (Å²) in [5.74, 6) is 0. The molecule has 0 aliphatic carbocycles. The van der Waals surface area contributed by atoms with Gasteiger partial charge in [0.05, 0.1) is 5.69 Å². The molecule has 8 aromatic carbocycles. The quantitative estimate of drug-likeness (QED) is 0.170. The van der Waals surface area contributed by atoms with Gasteiger partial charge >= 0.3 is 6.85 Å². The Bertz CT molecular complexity index is 2740. The minimum atomic E-state index is -0.176. The highest BCUT2D eigenvalue weighted by molar-refractivity contribution is 6.93. The molecule has 3 aliphatic rings. The lowest BCUT2D eigenvalue weighted by molar-refractivity contribution is 0.632. The second kappa shape index (κ2) is 11.7. The lowest BCUT2D eigenvalue weighted by Crippen LogP contribution is -2.62. The molecule has 0 radical (unpaired) electrons. The molecule has 0 unspecified atom stereocenters. The number of hydrogen-bond acceptors (Lipinski definition) is 2. The molecule has 0 N–H and O–H groups in total. The summed E-state index contributed by atoms with van der Waals surface area (Å²) in [6, 6.07) is 69.7. The largest absolute Gasteiger partial charge is 0.376 e. The smallest absolute Gasteiger partial charge is 0.333 e. The average molecular weight is 689 g/mol. The molecule has 2 nitrogen and oxygen atoms in total. The maximum Gasteiger partial charge on any atom is 0.333 e. The van der Waals surface area contributed by atoms with Crippen molar-refractivity contribution in [2.45, 2.75) is 19.3 Å². The molecular formula is C51H37BN2. The number of benzene rings is 8. The van der Waals surface area contributed by atoms with Crippen LogP contribution >= 0.6 is 0 Å². The van der Waals surface area contributed by atoms with Gasteiger partial charge in [-0.1, -0.05) is 166 Å². The molecule has 0 bridgehead atoms. The van der Waals surface area contributed by atoms with Gasteiger partial charge in [-0.2, -0.15) is 0 Å². The van der Waals surface area contributed by atoms with Crippen molar-refractivity contribution in [3.8, 4) is 44.5 Å². The predicted molar refractivity (Wildman–Crippen MR) is 229 cm³/mol. The molecule has 0 saturated heterocycles. The SMILES string of the molecule is CC1(C)c2ccccc2N2c3cc(-c4ccccc4)cc4c3B(c3cccc1c32)N(c1ccc(-c2ccccc2)cc1)c1cc(-c2ccccc2)ccc1-4. The highest BCUT2D eigenvalue weighted by Gasteiger charge is 2.49. The Morgan fingerprint density at radius 1 is 0.407 bits per heavy atom. The molecule has 0 spiro atoms. The first-order chi connectivity index (χ1) is 26.6.